The normalized spacial score (nSPS) is 20.0. The number of likely N-dealkylation sites (N-methyl/N-ethyl adjacent to an activating group) is 1. The molecule has 21 heavy (non-hydrogen) atoms. The first-order valence-electron chi connectivity index (χ1n) is 6.91. The fourth-order valence-electron chi connectivity index (χ4n) is 2.31. The van der Waals surface area contributed by atoms with Crippen LogP contribution >= 0.6 is 12.2 Å². The van der Waals surface area contributed by atoms with Gasteiger partial charge in [-0.15, -0.1) is 0 Å². The Kier molecular flexibility index (Phi) is 5.05. The van der Waals surface area contributed by atoms with Crippen LogP contribution in [-0.2, 0) is 6.18 Å². The molecule has 1 atom stereocenters. The zero-order valence-corrected chi connectivity index (χ0v) is 12.7. The standard InChI is InChI=1S/C14H18F3N3S/c1-19-6-3-7-20(9-8-19)13(21)18-12-5-2-4-11(10-12)14(15,16)17/h2,4-5,10H,3,6-9H2,1H3,(H,18,21)/p+1. The number of quaternary nitrogens is 1. The summed E-state index contributed by atoms with van der Waals surface area (Å²) >= 11 is 5.32. The van der Waals surface area contributed by atoms with E-state index in [9.17, 15) is 13.2 Å². The Hall–Kier alpha value is -1.34. The Bertz CT molecular complexity index is 504. The number of rotatable bonds is 1. The molecule has 116 valence electrons. The second kappa shape index (κ2) is 6.62. The number of hydrogen-bond donors (Lipinski definition) is 2. The lowest BCUT2D eigenvalue weighted by molar-refractivity contribution is -0.877. The molecule has 1 saturated heterocycles. The number of benzene rings is 1. The van der Waals surface area contributed by atoms with Gasteiger partial charge in [-0.2, -0.15) is 13.2 Å². The second-order valence-corrected chi connectivity index (χ2v) is 5.69. The monoisotopic (exact) mass is 318 g/mol. The van der Waals surface area contributed by atoms with Crippen LogP contribution < -0.4 is 10.2 Å². The van der Waals surface area contributed by atoms with Gasteiger partial charge in [-0.25, -0.2) is 0 Å². The molecule has 2 rings (SSSR count). The van der Waals surface area contributed by atoms with Gasteiger partial charge in [0.2, 0.25) is 0 Å². The number of anilines is 1. The summed E-state index contributed by atoms with van der Waals surface area (Å²) in [5.41, 5.74) is -0.296. The minimum Gasteiger partial charge on any atom is -0.343 e. The maximum absolute atomic E-state index is 12.7. The van der Waals surface area contributed by atoms with Gasteiger partial charge in [-0.05, 0) is 30.4 Å². The SMILES string of the molecule is C[NH+]1CCCN(C(=S)Nc2cccc(C(F)(F)F)c2)CC1. The molecule has 1 aliphatic heterocycles. The van der Waals surface area contributed by atoms with E-state index in [0.29, 0.717) is 10.8 Å². The summed E-state index contributed by atoms with van der Waals surface area (Å²) in [6, 6.07) is 5.12. The summed E-state index contributed by atoms with van der Waals surface area (Å²) in [4.78, 5) is 3.46. The van der Waals surface area contributed by atoms with Crippen LogP contribution in [0.1, 0.15) is 12.0 Å². The molecule has 0 radical (unpaired) electrons. The predicted octanol–water partition coefficient (Wildman–Crippen LogP) is 1.62. The molecule has 0 spiro atoms. The van der Waals surface area contributed by atoms with Crippen LogP contribution in [0.5, 0.6) is 0 Å². The lowest BCUT2D eigenvalue weighted by Gasteiger charge is -2.23. The zero-order valence-electron chi connectivity index (χ0n) is 11.8. The van der Waals surface area contributed by atoms with E-state index < -0.39 is 11.7 Å². The molecular formula is C14H19F3N3S+. The molecule has 0 aliphatic carbocycles. The van der Waals surface area contributed by atoms with Gasteiger partial charge in [-0.3, -0.25) is 0 Å². The quantitative estimate of drug-likeness (QED) is 0.768. The van der Waals surface area contributed by atoms with E-state index in [1.165, 1.54) is 11.0 Å². The van der Waals surface area contributed by atoms with Crippen molar-refractivity contribution in [3.05, 3.63) is 29.8 Å². The van der Waals surface area contributed by atoms with E-state index in [4.69, 9.17) is 12.2 Å². The number of hydrogen-bond acceptors (Lipinski definition) is 1. The minimum absolute atomic E-state index is 0.375. The Morgan fingerprint density at radius 3 is 2.76 bits per heavy atom. The molecule has 1 aliphatic rings. The summed E-state index contributed by atoms with van der Waals surface area (Å²) in [7, 11) is 2.13. The number of alkyl halides is 3. The molecule has 1 unspecified atom stereocenters. The first-order valence-corrected chi connectivity index (χ1v) is 7.31. The third-order valence-electron chi connectivity index (χ3n) is 3.57. The molecule has 0 amide bonds. The Morgan fingerprint density at radius 2 is 2.05 bits per heavy atom. The minimum atomic E-state index is -4.34. The fraction of sp³-hybridized carbons (Fsp3) is 0.500. The third kappa shape index (κ3) is 4.57. The average Bonchev–Trinajstić information content (AvgIpc) is 2.63. The highest BCUT2D eigenvalue weighted by Crippen LogP contribution is 2.30. The van der Waals surface area contributed by atoms with Gasteiger partial charge in [0.25, 0.3) is 0 Å². The van der Waals surface area contributed by atoms with Crippen molar-refractivity contribution in [2.45, 2.75) is 12.6 Å². The second-order valence-electron chi connectivity index (χ2n) is 5.31. The smallest absolute Gasteiger partial charge is 0.343 e. The van der Waals surface area contributed by atoms with Crippen LogP contribution in [0.2, 0.25) is 0 Å². The lowest BCUT2D eigenvalue weighted by atomic mass is 10.2. The number of halogens is 3. The largest absolute Gasteiger partial charge is 0.416 e. The molecule has 0 aromatic heterocycles. The van der Waals surface area contributed by atoms with Crippen molar-refractivity contribution in [2.75, 3.05) is 38.5 Å². The molecule has 1 fully saturated rings. The van der Waals surface area contributed by atoms with Gasteiger partial charge < -0.3 is 15.1 Å². The van der Waals surface area contributed by atoms with Crippen LogP contribution in [0.25, 0.3) is 0 Å². The van der Waals surface area contributed by atoms with Gasteiger partial charge in [0, 0.05) is 18.7 Å². The lowest BCUT2D eigenvalue weighted by Crippen LogP contribution is -3.09. The predicted molar refractivity (Wildman–Crippen MR) is 80.5 cm³/mol. The molecule has 2 N–H and O–H groups in total. The van der Waals surface area contributed by atoms with Crippen molar-refractivity contribution in [3.8, 4) is 0 Å². The summed E-state index contributed by atoms with van der Waals surface area (Å²) in [6.45, 7) is 3.71. The number of nitrogens with zero attached hydrogens (tertiary/aromatic N) is 1. The molecule has 7 heteroatoms. The molecule has 1 aromatic rings. The third-order valence-corrected chi connectivity index (χ3v) is 3.93. The van der Waals surface area contributed by atoms with E-state index in [1.807, 2.05) is 4.90 Å². The van der Waals surface area contributed by atoms with Crippen molar-refractivity contribution in [3.63, 3.8) is 0 Å². The van der Waals surface area contributed by atoms with Gasteiger partial charge in [0.05, 0.1) is 32.2 Å². The van der Waals surface area contributed by atoms with E-state index in [2.05, 4.69) is 12.4 Å². The summed E-state index contributed by atoms with van der Waals surface area (Å²) in [5.74, 6) is 0. The van der Waals surface area contributed by atoms with Crippen molar-refractivity contribution in [1.82, 2.24) is 4.90 Å². The fourth-order valence-corrected chi connectivity index (χ4v) is 2.61. The highest BCUT2D eigenvalue weighted by molar-refractivity contribution is 7.80. The first kappa shape index (κ1) is 16.0. The summed E-state index contributed by atoms with van der Waals surface area (Å²) in [6.07, 6.45) is -3.32. The van der Waals surface area contributed by atoms with Crippen LogP contribution in [-0.4, -0.2) is 43.2 Å². The topological polar surface area (TPSA) is 19.7 Å². The summed E-state index contributed by atoms with van der Waals surface area (Å²) in [5, 5.41) is 3.40. The molecule has 3 nitrogen and oxygen atoms in total. The van der Waals surface area contributed by atoms with Gasteiger partial charge >= 0.3 is 6.18 Å². The molecule has 1 heterocycles. The van der Waals surface area contributed by atoms with Crippen LogP contribution in [0.3, 0.4) is 0 Å². The molecular weight excluding hydrogens is 299 g/mol. The maximum Gasteiger partial charge on any atom is 0.416 e. The van der Waals surface area contributed by atoms with Crippen molar-refractivity contribution >= 4 is 23.0 Å². The van der Waals surface area contributed by atoms with Gasteiger partial charge in [-0.1, -0.05) is 6.07 Å². The first-order chi connectivity index (χ1) is 9.86. The van der Waals surface area contributed by atoms with Gasteiger partial charge in [0.1, 0.15) is 0 Å². The highest BCUT2D eigenvalue weighted by Gasteiger charge is 2.30. The average molecular weight is 318 g/mol. The van der Waals surface area contributed by atoms with Crippen LogP contribution in [0, 0.1) is 0 Å². The van der Waals surface area contributed by atoms with Crippen molar-refractivity contribution < 1.29 is 18.1 Å². The Balaban J connectivity index is 2.02. The highest BCUT2D eigenvalue weighted by atomic mass is 32.1. The molecule has 0 saturated carbocycles. The van der Waals surface area contributed by atoms with E-state index in [-0.39, 0.29) is 0 Å². The molecule has 0 bridgehead atoms. The Labute approximate surface area is 127 Å². The van der Waals surface area contributed by atoms with E-state index in [1.54, 1.807) is 6.07 Å². The van der Waals surface area contributed by atoms with Crippen molar-refractivity contribution in [2.24, 2.45) is 0 Å². The van der Waals surface area contributed by atoms with Gasteiger partial charge in [0.15, 0.2) is 5.11 Å². The van der Waals surface area contributed by atoms with Crippen LogP contribution in [0.15, 0.2) is 24.3 Å². The maximum atomic E-state index is 12.7. The molecule has 1 aromatic carbocycles. The summed E-state index contributed by atoms with van der Waals surface area (Å²) < 4.78 is 38.0. The Morgan fingerprint density at radius 1 is 1.29 bits per heavy atom. The van der Waals surface area contributed by atoms with Crippen LogP contribution in [0.4, 0.5) is 18.9 Å². The van der Waals surface area contributed by atoms with E-state index in [0.717, 1.165) is 44.7 Å². The number of thiocarbonyl (C=S) groups is 1. The van der Waals surface area contributed by atoms with Crippen molar-refractivity contribution in [1.29, 1.82) is 0 Å². The zero-order chi connectivity index (χ0) is 15.5. The number of nitrogens with one attached hydrogen (secondary N) is 2. The van der Waals surface area contributed by atoms with E-state index >= 15 is 0 Å².